The van der Waals surface area contributed by atoms with E-state index in [1.54, 1.807) is 0 Å². The van der Waals surface area contributed by atoms with Crippen LogP contribution in [0.25, 0.3) is 0 Å². The van der Waals surface area contributed by atoms with Crippen LogP contribution in [0, 0.1) is 0 Å². The number of ether oxygens (including phenoxy) is 6. The smallest absolute Gasteiger partial charge is 0.303 e. The van der Waals surface area contributed by atoms with E-state index in [9.17, 15) is 29.1 Å². The predicted molar refractivity (Wildman–Crippen MR) is 127 cm³/mol. The summed E-state index contributed by atoms with van der Waals surface area (Å²) in [6.07, 6.45) is -7.05. The Labute approximate surface area is 218 Å². The number of nitrogens with one attached hydrogen (secondary N) is 1. The standard InChI is InChI=1S/C24H32N2O12/c1-11(25)23(32)26-17-7-6-16(9-27)8-18(17)37-24-22(36-15(5)31)21(35-14(4)30)20(34-13(3)29)19(38-24)10-33-12(2)28/h6-8,11,19-22,24,27H,9-10,25H2,1-5H3,(H,26,32)/t11?,19?,20?,21?,22-,24-/m1/s1. The second-order valence-corrected chi connectivity index (χ2v) is 8.45. The minimum Gasteiger partial charge on any atom is -0.463 e. The van der Waals surface area contributed by atoms with E-state index in [4.69, 9.17) is 34.2 Å². The van der Waals surface area contributed by atoms with Gasteiger partial charge in [-0.2, -0.15) is 0 Å². The quantitative estimate of drug-likeness (QED) is 0.263. The van der Waals surface area contributed by atoms with Gasteiger partial charge in [0.15, 0.2) is 12.2 Å². The summed E-state index contributed by atoms with van der Waals surface area (Å²) in [5.74, 6) is -3.63. The number of amides is 1. The molecule has 1 heterocycles. The Morgan fingerprint density at radius 3 is 2.05 bits per heavy atom. The monoisotopic (exact) mass is 540 g/mol. The summed E-state index contributed by atoms with van der Waals surface area (Å²) in [6.45, 7) is 5.08. The van der Waals surface area contributed by atoms with Gasteiger partial charge in [0, 0.05) is 27.7 Å². The van der Waals surface area contributed by atoms with Crippen LogP contribution in [0.1, 0.15) is 40.2 Å². The van der Waals surface area contributed by atoms with Crippen LogP contribution in [0.3, 0.4) is 0 Å². The van der Waals surface area contributed by atoms with Gasteiger partial charge in [-0.15, -0.1) is 0 Å². The van der Waals surface area contributed by atoms with Crippen LogP contribution in [0.2, 0.25) is 0 Å². The molecule has 4 unspecified atom stereocenters. The summed E-state index contributed by atoms with van der Waals surface area (Å²) < 4.78 is 33.0. The number of nitrogens with two attached hydrogens (primary N) is 1. The third kappa shape index (κ3) is 8.68. The van der Waals surface area contributed by atoms with E-state index >= 15 is 0 Å². The highest BCUT2D eigenvalue weighted by atomic mass is 16.7. The second kappa shape index (κ2) is 13.7. The number of hydrogen-bond donors (Lipinski definition) is 3. The largest absolute Gasteiger partial charge is 0.463 e. The van der Waals surface area contributed by atoms with Gasteiger partial charge in [-0.3, -0.25) is 24.0 Å². The fourth-order valence-corrected chi connectivity index (χ4v) is 3.52. The van der Waals surface area contributed by atoms with Crippen molar-refractivity contribution in [3.8, 4) is 5.75 Å². The Morgan fingerprint density at radius 1 is 0.947 bits per heavy atom. The molecule has 1 saturated heterocycles. The lowest BCUT2D eigenvalue weighted by molar-refractivity contribution is -0.288. The van der Waals surface area contributed by atoms with E-state index < -0.39 is 73.1 Å². The molecule has 14 heteroatoms. The maximum absolute atomic E-state index is 12.2. The molecule has 1 aromatic carbocycles. The van der Waals surface area contributed by atoms with E-state index in [1.165, 1.54) is 25.1 Å². The first-order chi connectivity index (χ1) is 17.8. The molecule has 1 aliphatic rings. The summed E-state index contributed by atoms with van der Waals surface area (Å²) in [5, 5.41) is 12.2. The van der Waals surface area contributed by atoms with Crippen LogP contribution >= 0.6 is 0 Å². The second-order valence-electron chi connectivity index (χ2n) is 8.45. The van der Waals surface area contributed by atoms with E-state index in [1.807, 2.05) is 0 Å². The maximum Gasteiger partial charge on any atom is 0.303 e. The topological polar surface area (TPSA) is 199 Å². The van der Waals surface area contributed by atoms with Gasteiger partial charge in [-0.05, 0) is 24.6 Å². The highest BCUT2D eigenvalue weighted by molar-refractivity contribution is 5.95. The van der Waals surface area contributed by atoms with Crippen molar-refractivity contribution in [3.05, 3.63) is 23.8 Å². The lowest BCUT2D eigenvalue weighted by Crippen LogP contribution is -2.63. The zero-order valence-electron chi connectivity index (χ0n) is 21.6. The third-order valence-electron chi connectivity index (χ3n) is 5.09. The number of carbonyl (C=O) groups is 5. The molecular formula is C24H32N2O12. The molecule has 1 amide bonds. The van der Waals surface area contributed by atoms with Gasteiger partial charge in [-0.25, -0.2) is 0 Å². The molecule has 0 spiro atoms. The Hall–Kier alpha value is -3.75. The van der Waals surface area contributed by atoms with E-state index in [0.29, 0.717) is 5.56 Å². The number of hydrogen-bond acceptors (Lipinski definition) is 13. The van der Waals surface area contributed by atoms with E-state index in [0.717, 1.165) is 27.7 Å². The number of rotatable bonds is 10. The highest BCUT2D eigenvalue weighted by Gasteiger charge is 2.53. The SMILES string of the molecule is CC(=O)OCC1O[C@@H](Oc2cc(CO)ccc2NC(=O)C(C)N)[C@H](OC(C)=O)C(OC(C)=O)C1OC(C)=O. The van der Waals surface area contributed by atoms with Gasteiger partial charge >= 0.3 is 23.9 Å². The summed E-state index contributed by atoms with van der Waals surface area (Å²) in [6, 6.07) is 3.50. The molecule has 0 aliphatic carbocycles. The number of aliphatic hydroxyl groups is 1. The number of anilines is 1. The van der Waals surface area contributed by atoms with Crippen molar-refractivity contribution in [3.63, 3.8) is 0 Å². The Balaban J connectivity index is 2.57. The number of carbonyl (C=O) groups excluding carboxylic acids is 5. The average molecular weight is 541 g/mol. The van der Waals surface area contributed by atoms with Crippen molar-refractivity contribution in [1.29, 1.82) is 0 Å². The van der Waals surface area contributed by atoms with Crippen molar-refractivity contribution in [1.82, 2.24) is 0 Å². The molecule has 1 fully saturated rings. The molecule has 2 rings (SSSR count). The summed E-state index contributed by atoms with van der Waals surface area (Å²) in [5.41, 5.74) is 6.17. The fraction of sp³-hybridized carbons (Fsp3) is 0.542. The minimum absolute atomic E-state index is 0.0218. The zero-order chi connectivity index (χ0) is 28.6. The summed E-state index contributed by atoms with van der Waals surface area (Å²) in [4.78, 5) is 59.6. The average Bonchev–Trinajstić information content (AvgIpc) is 2.81. The first-order valence-electron chi connectivity index (χ1n) is 11.6. The number of esters is 4. The van der Waals surface area contributed by atoms with Gasteiger partial charge in [0.05, 0.1) is 18.3 Å². The van der Waals surface area contributed by atoms with Gasteiger partial charge in [0.1, 0.15) is 18.5 Å². The van der Waals surface area contributed by atoms with Crippen molar-refractivity contribution in [2.24, 2.45) is 5.73 Å². The molecule has 1 aromatic rings. The third-order valence-corrected chi connectivity index (χ3v) is 5.09. The molecule has 0 radical (unpaired) electrons. The highest BCUT2D eigenvalue weighted by Crippen LogP contribution is 2.34. The molecule has 0 aromatic heterocycles. The lowest BCUT2D eigenvalue weighted by Gasteiger charge is -2.44. The molecule has 1 aliphatic heterocycles. The van der Waals surface area contributed by atoms with E-state index in [2.05, 4.69) is 5.32 Å². The van der Waals surface area contributed by atoms with Crippen LogP contribution in [0.5, 0.6) is 5.75 Å². The van der Waals surface area contributed by atoms with Gasteiger partial charge in [0.2, 0.25) is 18.3 Å². The van der Waals surface area contributed by atoms with E-state index in [-0.39, 0.29) is 18.0 Å². The summed E-state index contributed by atoms with van der Waals surface area (Å²) >= 11 is 0. The van der Waals surface area contributed by atoms with Gasteiger partial charge in [-0.1, -0.05) is 6.07 Å². The molecule has 0 bridgehead atoms. The van der Waals surface area contributed by atoms with Crippen LogP contribution in [-0.4, -0.2) is 78.2 Å². The van der Waals surface area contributed by atoms with Gasteiger partial charge in [0.25, 0.3) is 0 Å². The van der Waals surface area contributed by atoms with Gasteiger partial charge < -0.3 is 44.6 Å². The Kier molecular flexibility index (Phi) is 11.0. The molecule has 6 atom stereocenters. The van der Waals surface area contributed by atoms with Crippen molar-refractivity contribution >= 4 is 35.5 Å². The first-order valence-corrected chi connectivity index (χ1v) is 11.6. The normalized spacial score (nSPS) is 23.4. The van der Waals surface area contributed by atoms with Crippen LogP contribution in [0.15, 0.2) is 18.2 Å². The maximum atomic E-state index is 12.2. The minimum atomic E-state index is -1.53. The van der Waals surface area contributed by atoms with Crippen molar-refractivity contribution < 1.29 is 57.5 Å². The first kappa shape index (κ1) is 30.5. The zero-order valence-corrected chi connectivity index (χ0v) is 21.6. The predicted octanol–water partition coefficient (Wildman–Crippen LogP) is -0.0735. The molecule has 38 heavy (non-hydrogen) atoms. The number of benzene rings is 1. The van der Waals surface area contributed by atoms with Crippen LogP contribution < -0.4 is 15.8 Å². The molecule has 210 valence electrons. The lowest BCUT2D eigenvalue weighted by atomic mass is 9.98. The Bertz CT molecular complexity index is 1040. The molecule has 0 saturated carbocycles. The van der Waals surface area contributed by atoms with Crippen LogP contribution in [-0.2, 0) is 54.3 Å². The molecular weight excluding hydrogens is 508 g/mol. The van der Waals surface area contributed by atoms with Crippen molar-refractivity contribution in [2.75, 3.05) is 11.9 Å². The number of aliphatic hydroxyl groups excluding tert-OH is 1. The summed E-state index contributed by atoms with van der Waals surface area (Å²) in [7, 11) is 0. The van der Waals surface area contributed by atoms with Crippen LogP contribution in [0.4, 0.5) is 5.69 Å². The Morgan fingerprint density at radius 2 is 1.53 bits per heavy atom. The molecule has 4 N–H and O–H groups in total. The van der Waals surface area contributed by atoms with Crippen molar-refractivity contribution in [2.45, 2.75) is 78.0 Å². The molecule has 14 nitrogen and oxygen atoms in total. The fourth-order valence-electron chi connectivity index (χ4n) is 3.52.